The Morgan fingerprint density at radius 1 is 0.566 bits per heavy atom. The summed E-state index contributed by atoms with van der Waals surface area (Å²) in [5.41, 5.74) is 3.81. The smallest absolute Gasteiger partial charge is 0.316 e. The fraction of sp³-hybridized carbons (Fsp3) is 0.375. The van der Waals surface area contributed by atoms with Crippen molar-refractivity contribution in [3.63, 3.8) is 0 Å². The maximum Gasteiger partial charge on any atom is 0.316 e. The van der Waals surface area contributed by atoms with Crippen molar-refractivity contribution in [2.24, 2.45) is 5.41 Å². The highest BCUT2D eigenvalue weighted by Gasteiger charge is 2.34. The molecule has 0 fully saturated rings. The van der Waals surface area contributed by atoms with Gasteiger partial charge in [-0.3, -0.25) is 4.79 Å². The fourth-order valence-electron chi connectivity index (χ4n) is 3.92. The monoisotopic (exact) mass is 1530 g/mol. The maximum absolute atomic E-state index is 12.2. The van der Waals surface area contributed by atoms with Crippen molar-refractivity contribution in [3.8, 4) is 22.6 Å². The van der Waals surface area contributed by atoms with Gasteiger partial charge in [0, 0.05) is 17.9 Å². The number of carbonyl (C=O) groups excluding carboxylic acids is 1. The molecule has 0 spiro atoms. The summed E-state index contributed by atoms with van der Waals surface area (Å²) in [4.78, 5) is 12.2. The van der Waals surface area contributed by atoms with E-state index in [0.29, 0.717) is 17.9 Å². The highest BCUT2D eigenvalue weighted by atomic mass is 127. The summed E-state index contributed by atoms with van der Waals surface area (Å²) in [6.45, 7) is 17.8. The van der Waals surface area contributed by atoms with Crippen LogP contribution in [0.3, 0.4) is 0 Å². The van der Waals surface area contributed by atoms with Gasteiger partial charge >= 0.3 is 16.1 Å². The van der Waals surface area contributed by atoms with Crippen molar-refractivity contribution < 1.29 is 22.1 Å². The van der Waals surface area contributed by atoms with Gasteiger partial charge in [0.05, 0.1) is 12.6 Å². The Hall–Kier alpha value is 1.21. The average Bonchev–Trinajstić information content (AvgIpc) is 3.13. The van der Waals surface area contributed by atoms with Gasteiger partial charge in [-0.05, 0) is 264 Å². The van der Waals surface area contributed by atoms with Gasteiger partial charge in [-0.2, -0.15) is 8.42 Å². The summed E-state index contributed by atoms with van der Waals surface area (Å²) in [7, 11) is -3.58. The Bertz CT molecular complexity index is 1910. The molecule has 0 heterocycles. The zero-order valence-corrected chi connectivity index (χ0v) is 47.1. The zero-order valence-electron chi connectivity index (χ0n) is 31.1. The first-order valence-electron chi connectivity index (χ1n) is 16.7. The number of rotatable bonds is 10. The number of ether oxygens (including phenoxy) is 1. The third-order valence-electron chi connectivity index (χ3n) is 9.08. The second-order valence-electron chi connectivity index (χ2n) is 14.0. The minimum absolute atomic E-state index is 0.168. The van der Waals surface area contributed by atoms with Crippen LogP contribution >= 0.6 is 158 Å². The molecule has 0 bridgehead atoms. The first-order valence-corrected chi connectivity index (χ1v) is 25.7. The van der Waals surface area contributed by atoms with Crippen LogP contribution in [0.2, 0.25) is 0 Å². The van der Waals surface area contributed by atoms with E-state index < -0.39 is 20.3 Å². The number of halogens is 7. The van der Waals surface area contributed by atoms with Gasteiger partial charge in [0.25, 0.3) is 0 Å². The van der Waals surface area contributed by atoms with Gasteiger partial charge in [-0.25, -0.2) is 0 Å². The summed E-state index contributed by atoms with van der Waals surface area (Å²) >= 11 is 15.9. The summed E-state index contributed by atoms with van der Waals surface area (Å²) in [5.74, 6) is 0.891. The molecule has 53 heavy (non-hydrogen) atoms. The van der Waals surface area contributed by atoms with Crippen LogP contribution in [-0.2, 0) is 20.3 Å². The molecular formula is C40H45I7O5S. The minimum Gasteiger partial charge on any atom is -0.424 e. The summed E-state index contributed by atoms with van der Waals surface area (Å²) in [6.07, 6.45) is 2.44. The van der Waals surface area contributed by atoms with E-state index in [1.54, 1.807) is 26.0 Å². The molecule has 0 aliphatic rings. The summed E-state index contributed by atoms with van der Waals surface area (Å²) in [5, 5.41) is 0. The Kier molecular flexibility index (Phi) is 20.9. The van der Waals surface area contributed by atoms with Gasteiger partial charge in [-0.1, -0.05) is 71.0 Å². The van der Waals surface area contributed by atoms with Gasteiger partial charge in [-0.15, -0.1) is 0 Å². The Morgan fingerprint density at radius 2 is 0.962 bits per heavy atom. The highest BCUT2D eigenvalue weighted by molar-refractivity contribution is 14.1. The van der Waals surface area contributed by atoms with Gasteiger partial charge < -0.3 is 8.92 Å². The SMILES string of the molecule is CCC(C)(C)C(=O)Oc1c(I)c(I)c(I)c(I)c1I.CCC(C)(C)S(=O)(=O)Oc1ccc(I)cc1.CCC(C)(C)c1ccc(-c2ccc(I)cc2)cc1. The van der Waals surface area contributed by atoms with E-state index in [4.69, 9.17) is 8.92 Å². The topological polar surface area (TPSA) is 69.7 Å². The van der Waals surface area contributed by atoms with Gasteiger partial charge in [0.15, 0.2) is 5.75 Å². The van der Waals surface area contributed by atoms with Crippen molar-refractivity contribution in [2.75, 3.05) is 0 Å². The molecule has 0 atom stereocenters. The molecule has 0 unspecified atom stereocenters. The normalized spacial score (nSPS) is 11.8. The average molecular weight is 1530 g/mol. The van der Waals surface area contributed by atoms with Crippen LogP contribution in [0, 0.1) is 30.4 Å². The van der Waals surface area contributed by atoms with Gasteiger partial charge in [0.1, 0.15) is 10.5 Å². The third kappa shape index (κ3) is 14.5. The summed E-state index contributed by atoms with van der Waals surface area (Å²) in [6, 6.07) is 24.6. The van der Waals surface area contributed by atoms with Crippen LogP contribution < -0.4 is 8.92 Å². The molecule has 0 aliphatic carbocycles. The Balaban J connectivity index is 0.000000276. The molecule has 0 N–H and O–H groups in total. The molecule has 0 saturated carbocycles. The fourth-order valence-corrected chi connectivity index (χ4v) is 10.5. The molecule has 13 heteroatoms. The van der Waals surface area contributed by atoms with Crippen molar-refractivity contribution in [3.05, 3.63) is 103 Å². The number of hydrogen-bond acceptors (Lipinski definition) is 5. The van der Waals surface area contributed by atoms with Gasteiger partial charge in [0.2, 0.25) is 0 Å². The molecule has 0 amide bonds. The first-order chi connectivity index (χ1) is 24.4. The lowest BCUT2D eigenvalue weighted by atomic mass is 9.82. The second kappa shape index (κ2) is 22.0. The molecule has 0 radical (unpaired) electrons. The van der Waals surface area contributed by atoms with Crippen LogP contribution in [0.15, 0.2) is 72.8 Å². The van der Waals surface area contributed by atoms with Crippen LogP contribution in [0.5, 0.6) is 11.5 Å². The quantitative estimate of drug-likeness (QED) is 0.0395. The Morgan fingerprint density at radius 3 is 1.36 bits per heavy atom. The number of hydrogen-bond donors (Lipinski definition) is 0. The van der Waals surface area contributed by atoms with Crippen molar-refractivity contribution in [1.82, 2.24) is 0 Å². The van der Waals surface area contributed by atoms with Crippen LogP contribution in [0.4, 0.5) is 0 Å². The lowest BCUT2D eigenvalue weighted by Gasteiger charge is -2.23. The molecule has 0 aliphatic heterocycles. The second-order valence-corrected chi connectivity index (χ2v) is 24.0. The van der Waals surface area contributed by atoms with Crippen LogP contribution in [0.25, 0.3) is 11.1 Å². The molecular weight excluding hydrogens is 1480 g/mol. The molecule has 290 valence electrons. The van der Waals surface area contributed by atoms with E-state index in [2.05, 4.69) is 227 Å². The summed E-state index contributed by atoms with van der Waals surface area (Å²) < 4.78 is 41.5. The Labute approximate surface area is 413 Å². The molecule has 0 saturated heterocycles. The van der Waals surface area contributed by atoms with E-state index in [9.17, 15) is 13.2 Å². The predicted octanol–water partition coefficient (Wildman–Crippen LogP) is 14.9. The van der Waals surface area contributed by atoms with E-state index in [1.807, 2.05) is 39.8 Å². The molecule has 0 aromatic heterocycles. The number of esters is 1. The predicted molar refractivity (Wildman–Crippen MR) is 281 cm³/mol. The molecule has 5 nitrogen and oxygen atoms in total. The van der Waals surface area contributed by atoms with Crippen molar-refractivity contribution in [1.29, 1.82) is 0 Å². The highest BCUT2D eigenvalue weighted by Crippen LogP contribution is 2.39. The standard InChI is InChI=1S/C17H19I.C12H11I5O2.C11H15IO3S/c1-4-17(2,3)15-9-5-13(6-10-15)14-7-11-16(18)12-8-14;1-4-12(2,3)11(18)19-10-8(16)6(14)5(13)7(15)9(10)17;1-4-11(2,3)16(13,14)15-10-7-5-9(12)6-8-10/h5-12H,4H2,1-3H3;4H2,1-3H3;5-8H,4H2,1-3H3. The largest absolute Gasteiger partial charge is 0.424 e. The minimum atomic E-state index is -3.58. The van der Waals surface area contributed by atoms with E-state index in [-0.39, 0.29) is 11.4 Å². The zero-order chi connectivity index (χ0) is 40.5. The van der Waals surface area contributed by atoms with Crippen molar-refractivity contribution >= 4 is 174 Å². The van der Waals surface area contributed by atoms with E-state index in [1.165, 1.54) is 23.8 Å². The third-order valence-corrected chi connectivity index (χ3v) is 22.0. The van der Waals surface area contributed by atoms with E-state index >= 15 is 0 Å². The van der Waals surface area contributed by atoms with Crippen molar-refractivity contribution in [2.45, 2.75) is 91.7 Å². The van der Waals surface area contributed by atoms with Crippen LogP contribution in [0.1, 0.15) is 87.1 Å². The van der Waals surface area contributed by atoms with Crippen LogP contribution in [-0.4, -0.2) is 19.1 Å². The molecule has 4 rings (SSSR count). The lowest BCUT2D eigenvalue weighted by Crippen LogP contribution is -2.34. The first kappa shape index (κ1) is 50.4. The lowest BCUT2D eigenvalue weighted by molar-refractivity contribution is -0.144. The molecule has 4 aromatic carbocycles. The number of benzene rings is 4. The van der Waals surface area contributed by atoms with E-state index in [0.717, 1.165) is 30.7 Å². The molecule has 4 aromatic rings. The number of carbonyl (C=O) groups is 1. The maximum atomic E-state index is 12.2.